The van der Waals surface area contributed by atoms with Crippen molar-refractivity contribution in [2.24, 2.45) is 17.8 Å². The Morgan fingerprint density at radius 2 is 1.43 bits per heavy atom. The molecule has 0 bridgehead atoms. The Balaban J connectivity index is 4.45. The first kappa shape index (κ1) is 13.7. The van der Waals surface area contributed by atoms with Gasteiger partial charge in [-0.3, -0.25) is 4.79 Å². The lowest BCUT2D eigenvalue weighted by atomic mass is 9.77. The van der Waals surface area contributed by atoms with Gasteiger partial charge in [0.2, 0.25) is 0 Å². The van der Waals surface area contributed by atoms with Crippen molar-refractivity contribution in [1.29, 1.82) is 0 Å². The third-order valence-electron chi connectivity index (χ3n) is 3.38. The second-order valence-electron chi connectivity index (χ2n) is 4.51. The summed E-state index contributed by atoms with van der Waals surface area (Å²) in [6, 6.07) is 0. The minimum absolute atomic E-state index is 0.296. The number of carbonyl (C=O) groups excluding carboxylic acids is 1. The molecule has 0 aliphatic heterocycles. The number of ketones is 1. The number of rotatable bonds is 7. The van der Waals surface area contributed by atoms with Crippen molar-refractivity contribution in [3.8, 4) is 0 Å². The number of hydrogen-bond acceptors (Lipinski definition) is 1. The summed E-state index contributed by atoms with van der Waals surface area (Å²) in [5, 5.41) is 0. The normalized spacial score (nSPS) is 17.5. The Hall–Kier alpha value is -0.330. The van der Waals surface area contributed by atoms with Crippen LogP contribution in [0.1, 0.15) is 60.3 Å². The van der Waals surface area contributed by atoms with Crippen molar-refractivity contribution in [2.45, 2.75) is 60.3 Å². The number of Topliss-reactive ketones (excluding diaryl/α,β-unsaturated/α-hetero) is 1. The molecular formula is C13H26O. The van der Waals surface area contributed by atoms with Crippen LogP contribution in [0.25, 0.3) is 0 Å². The smallest absolute Gasteiger partial charge is 0.136 e. The molecule has 0 N–H and O–H groups in total. The minimum atomic E-state index is 0.296. The third-order valence-corrected chi connectivity index (χ3v) is 3.38. The predicted octanol–water partition coefficient (Wildman–Crippen LogP) is 4.06. The molecule has 2 unspecified atom stereocenters. The van der Waals surface area contributed by atoms with Crippen molar-refractivity contribution in [1.82, 2.24) is 0 Å². The summed E-state index contributed by atoms with van der Waals surface area (Å²) in [5.41, 5.74) is 0. The Morgan fingerprint density at radius 1 is 1.00 bits per heavy atom. The van der Waals surface area contributed by atoms with Crippen LogP contribution in [0, 0.1) is 17.8 Å². The fourth-order valence-corrected chi connectivity index (χ4v) is 2.12. The molecule has 2 atom stereocenters. The lowest BCUT2D eigenvalue weighted by Crippen LogP contribution is -2.27. The number of carbonyl (C=O) groups is 1. The molecule has 0 fully saturated rings. The molecule has 0 aliphatic rings. The highest BCUT2D eigenvalue weighted by Gasteiger charge is 2.27. The van der Waals surface area contributed by atoms with Crippen molar-refractivity contribution in [3.05, 3.63) is 0 Å². The molecule has 0 rings (SSSR count). The lowest BCUT2D eigenvalue weighted by Gasteiger charge is -2.27. The number of hydrogen-bond donors (Lipinski definition) is 0. The van der Waals surface area contributed by atoms with E-state index in [0.717, 1.165) is 25.7 Å². The summed E-state index contributed by atoms with van der Waals surface area (Å²) in [6.45, 7) is 10.9. The zero-order valence-corrected chi connectivity index (χ0v) is 10.5. The quantitative estimate of drug-likeness (QED) is 0.603. The average Bonchev–Trinajstić information content (AvgIpc) is 2.17. The van der Waals surface area contributed by atoms with Crippen LogP contribution in [0.4, 0.5) is 0 Å². The van der Waals surface area contributed by atoms with Crippen molar-refractivity contribution in [2.75, 3.05) is 0 Å². The molecule has 84 valence electrons. The van der Waals surface area contributed by atoms with Gasteiger partial charge in [-0.1, -0.05) is 47.5 Å². The molecule has 14 heavy (non-hydrogen) atoms. The van der Waals surface area contributed by atoms with Crippen LogP contribution in [-0.4, -0.2) is 5.78 Å². The molecular weight excluding hydrogens is 172 g/mol. The first-order chi connectivity index (χ1) is 6.58. The first-order valence-electron chi connectivity index (χ1n) is 6.11. The molecule has 0 spiro atoms. The third kappa shape index (κ3) is 3.81. The fraction of sp³-hybridized carbons (Fsp3) is 0.923. The van der Waals surface area contributed by atoms with E-state index in [-0.39, 0.29) is 0 Å². The second kappa shape index (κ2) is 7.03. The van der Waals surface area contributed by atoms with Gasteiger partial charge in [-0.2, -0.15) is 0 Å². The Morgan fingerprint density at radius 3 is 1.71 bits per heavy atom. The van der Waals surface area contributed by atoms with Gasteiger partial charge in [-0.15, -0.1) is 0 Å². The van der Waals surface area contributed by atoms with Gasteiger partial charge in [0, 0.05) is 12.3 Å². The average molecular weight is 198 g/mol. The molecule has 1 heteroatoms. The van der Waals surface area contributed by atoms with Crippen LogP contribution in [0.15, 0.2) is 0 Å². The zero-order chi connectivity index (χ0) is 11.1. The molecule has 0 aromatic heterocycles. The highest BCUT2D eigenvalue weighted by atomic mass is 16.1. The summed E-state index contributed by atoms with van der Waals surface area (Å²) in [7, 11) is 0. The minimum Gasteiger partial charge on any atom is -0.299 e. The Labute approximate surface area is 89.3 Å². The van der Waals surface area contributed by atoms with Crippen LogP contribution in [0.2, 0.25) is 0 Å². The van der Waals surface area contributed by atoms with E-state index in [2.05, 4.69) is 34.6 Å². The van der Waals surface area contributed by atoms with Crippen LogP contribution in [-0.2, 0) is 4.79 Å². The zero-order valence-electron chi connectivity index (χ0n) is 10.5. The summed E-state index contributed by atoms with van der Waals surface area (Å²) in [6.07, 6.45) is 3.98. The molecule has 0 heterocycles. The van der Waals surface area contributed by atoms with E-state index >= 15 is 0 Å². The topological polar surface area (TPSA) is 17.1 Å². The van der Waals surface area contributed by atoms with E-state index in [9.17, 15) is 4.79 Å². The largest absolute Gasteiger partial charge is 0.299 e. The maximum Gasteiger partial charge on any atom is 0.136 e. The molecule has 0 saturated carbocycles. The van der Waals surface area contributed by atoms with E-state index in [1.54, 1.807) is 0 Å². The van der Waals surface area contributed by atoms with Crippen LogP contribution < -0.4 is 0 Å². The van der Waals surface area contributed by atoms with Gasteiger partial charge >= 0.3 is 0 Å². The van der Waals surface area contributed by atoms with Gasteiger partial charge in [0.25, 0.3) is 0 Å². The maximum atomic E-state index is 11.9. The summed E-state index contributed by atoms with van der Waals surface area (Å²) < 4.78 is 0. The van der Waals surface area contributed by atoms with Gasteiger partial charge in [-0.25, -0.2) is 0 Å². The maximum absolute atomic E-state index is 11.9. The Kier molecular flexibility index (Phi) is 6.86. The molecule has 0 aliphatic carbocycles. The van der Waals surface area contributed by atoms with Crippen molar-refractivity contribution < 1.29 is 4.79 Å². The molecule has 1 nitrogen and oxygen atoms in total. The molecule has 0 radical (unpaired) electrons. The van der Waals surface area contributed by atoms with E-state index in [1.165, 1.54) is 0 Å². The summed E-state index contributed by atoms with van der Waals surface area (Å²) >= 11 is 0. The molecule has 0 saturated heterocycles. The highest BCUT2D eigenvalue weighted by molar-refractivity contribution is 5.81. The molecule has 0 aromatic rings. The van der Waals surface area contributed by atoms with Crippen LogP contribution in [0.3, 0.4) is 0 Å². The lowest BCUT2D eigenvalue weighted by molar-refractivity contribution is -0.126. The van der Waals surface area contributed by atoms with Gasteiger partial charge in [0.15, 0.2) is 0 Å². The van der Waals surface area contributed by atoms with Crippen LogP contribution in [0.5, 0.6) is 0 Å². The fourth-order valence-electron chi connectivity index (χ4n) is 2.12. The van der Waals surface area contributed by atoms with Gasteiger partial charge in [0.1, 0.15) is 5.78 Å². The van der Waals surface area contributed by atoms with Gasteiger partial charge < -0.3 is 0 Å². The highest BCUT2D eigenvalue weighted by Crippen LogP contribution is 2.28. The van der Waals surface area contributed by atoms with E-state index in [1.807, 2.05) is 0 Å². The van der Waals surface area contributed by atoms with Gasteiger partial charge in [0.05, 0.1) is 0 Å². The van der Waals surface area contributed by atoms with Crippen molar-refractivity contribution >= 4 is 5.78 Å². The Bertz CT molecular complexity index is 153. The predicted molar refractivity (Wildman–Crippen MR) is 62.3 cm³/mol. The second-order valence-corrected chi connectivity index (χ2v) is 4.51. The summed E-state index contributed by atoms with van der Waals surface area (Å²) in [4.78, 5) is 11.9. The standard InChI is InChI=1S/C13H26O/c1-6-9-12(14)13(10(4)7-2)11(5)8-3/h10-11,13H,6-9H2,1-5H3. The molecule has 0 aromatic carbocycles. The SMILES string of the molecule is CCCC(=O)C(C(C)CC)C(C)CC. The first-order valence-corrected chi connectivity index (χ1v) is 6.11. The van der Waals surface area contributed by atoms with E-state index in [4.69, 9.17) is 0 Å². The summed E-state index contributed by atoms with van der Waals surface area (Å²) in [5.74, 6) is 1.87. The van der Waals surface area contributed by atoms with Crippen molar-refractivity contribution in [3.63, 3.8) is 0 Å². The monoisotopic (exact) mass is 198 g/mol. The molecule has 0 amide bonds. The van der Waals surface area contributed by atoms with E-state index < -0.39 is 0 Å². The van der Waals surface area contributed by atoms with Gasteiger partial charge in [-0.05, 0) is 18.3 Å². The van der Waals surface area contributed by atoms with E-state index in [0.29, 0.717) is 23.5 Å². The van der Waals surface area contributed by atoms with Crippen LogP contribution >= 0.6 is 0 Å².